The van der Waals surface area contributed by atoms with E-state index in [1.165, 1.54) is 0 Å². The second-order valence-electron chi connectivity index (χ2n) is 8.08. The van der Waals surface area contributed by atoms with E-state index in [0.29, 0.717) is 22.2 Å². The van der Waals surface area contributed by atoms with Crippen LogP contribution in [0.15, 0.2) is 79.5 Å². The van der Waals surface area contributed by atoms with Crippen molar-refractivity contribution in [1.82, 2.24) is 23.9 Å². The molecule has 2 amide bonds. The van der Waals surface area contributed by atoms with Crippen molar-refractivity contribution >= 4 is 34.7 Å². The van der Waals surface area contributed by atoms with Crippen LogP contribution in [0.4, 0.5) is 16.2 Å². The fraction of sp³-hybridized carbons (Fsp3) is 0.120. The van der Waals surface area contributed by atoms with Gasteiger partial charge in [0, 0.05) is 58.9 Å². The molecule has 3 heterocycles. The molecule has 0 aliphatic carbocycles. The SMILES string of the molecule is CC(C)c1nccn1-c1nc(-c2cccc(NC(=O)Nc3ccc(Cl)cc3)c2)cn2ccnc12. The van der Waals surface area contributed by atoms with Crippen LogP contribution in [0.1, 0.15) is 25.6 Å². The summed E-state index contributed by atoms with van der Waals surface area (Å²) in [6, 6.07) is 14.1. The monoisotopic (exact) mass is 471 g/mol. The highest BCUT2D eigenvalue weighted by molar-refractivity contribution is 6.30. The first-order valence-corrected chi connectivity index (χ1v) is 11.2. The Morgan fingerprint density at radius 1 is 0.971 bits per heavy atom. The molecule has 0 spiro atoms. The van der Waals surface area contributed by atoms with Crippen LogP contribution in [0.3, 0.4) is 0 Å². The molecule has 2 aromatic carbocycles. The molecule has 5 aromatic rings. The number of carbonyl (C=O) groups excluding carboxylic acids is 1. The summed E-state index contributed by atoms with van der Waals surface area (Å²) in [6.45, 7) is 4.19. The predicted molar refractivity (Wildman–Crippen MR) is 134 cm³/mol. The van der Waals surface area contributed by atoms with Gasteiger partial charge in [-0.05, 0) is 36.4 Å². The van der Waals surface area contributed by atoms with E-state index in [4.69, 9.17) is 16.6 Å². The van der Waals surface area contributed by atoms with Crippen LogP contribution >= 0.6 is 11.6 Å². The van der Waals surface area contributed by atoms with Crippen molar-refractivity contribution in [3.8, 4) is 17.1 Å². The molecule has 0 saturated heterocycles. The highest BCUT2D eigenvalue weighted by Gasteiger charge is 2.16. The number of carbonyl (C=O) groups is 1. The van der Waals surface area contributed by atoms with Crippen LogP contribution < -0.4 is 10.6 Å². The van der Waals surface area contributed by atoms with Crippen LogP contribution in [-0.4, -0.2) is 30.0 Å². The number of benzene rings is 2. The van der Waals surface area contributed by atoms with Crippen molar-refractivity contribution in [3.05, 3.63) is 90.4 Å². The van der Waals surface area contributed by atoms with Crippen molar-refractivity contribution in [2.24, 2.45) is 0 Å². The van der Waals surface area contributed by atoms with Gasteiger partial charge >= 0.3 is 6.03 Å². The largest absolute Gasteiger partial charge is 0.323 e. The van der Waals surface area contributed by atoms with E-state index >= 15 is 0 Å². The number of hydrogen-bond donors (Lipinski definition) is 2. The quantitative estimate of drug-likeness (QED) is 0.329. The number of hydrogen-bond acceptors (Lipinski definition) is 4. The van der Waals surface area contributed by atoms with Gasteiger partial charge in [-0.3, -0.25) is 4.57 Å². The molecule has 0 aliphatic heterocycles. The van der Waals surface area contributed by atoms with Gasteiger partial charge < -0.3 is 15.0 Å². The molecule has 0 bridgehead atoms. The second kappa shape index (κ2) is 8.99. The van der Waals surface area contributed by atoms with Gasteiger partial charge in [-0.25, -0.2) is 19.7 Å². The number of rotatable bonds is 5. The van der Waals surface area contributed by atoms with Crippen LogP contribution in [0.5, 0.6) is 0 Å². The van der Waals surface area contributed by atoms with E-state index in [1.54, 1.807) is 36.7 Å². The summed E-state index contributed by atoms with van der Waals surface area (Å²) in [6.07, 6.45) is 9.22. The third-order valence-corrected chi connectivity index (χ3v) is 5.54. The molecule has 5 rings (SSSR count). The number of amides is 2. The first-order valence-electron chi connectivity index (χ1n) is 10.8. The first-order chi connectivity index (χ1) is 16.5. The van der Waals surface area contributed by atoms with Crippen LogP contribution in [0, 0.1) is 0 Å². The lowest BCUT2D eigenvalue weighted by Gasteiger charge is -2.13. The summed E-state index contributed by atoms with van der Waals surface area (Å²) in [7, 11) is 0. The van der Waals surface area contributed by atoms with Gasteiger partial charge in [0.15, 0.2) is 11.5 Å². The van der Waals surface area contributed by atoms with E-state index in [0.717, 1.165) is 22.7 Å². The van der Waals surface area contributed by atoms with Crippen molar-refractivity contribution in [2.75, 3.05) is 10.6 Å². The molecule has 2 N–H and O–H groups in total. The topological polar surface area (TPSA) is 89.1 Å². The summed E-state index contributed by atoms with van der Waals surface area (Å²) < 4.78 is 3.91. The van der Waals surface area contributed by atoms with E-state index in [1.807, 2.05) is 51.8 Å². The summed E-state index contributed by atoms with van der Waals surface area (Å²) in [4.78, 5) is 26.4. The maximum absolute atomic E-state index is 12.5. The Morgan fingerprint density at radius 3 is 2.53 bits per heavy atom. The van der Waals surface area contributed by atoms with Gasteiger partial charge in [0.25, 0.3) is 0 Å². The van der Waals surface area contributed by atoms with Crippen molar-refractivity contribution in [2.45, 2.75) is 19.8 Å². The Kier molecular flexibility index (Phi) is 5.73. The lowest BCUT2D eigenvalue weighted by Crippen LogP contribution is -2.19. The first kappa shape index (κ1) is 21.7. The Labute approximate surface area is 201 Å². The Bertz CT molecular complexity index is 1470. The minimum absolute atomic E-state index is 0.224. The number of urea groups is 1. The summed E-state index contributed by atoms with van der Waals surface area (Å²) in [5.74, 6) is 1.83. The minimum atomic E-state index is -0.349. The van der Waals surface area contributed by atoms with Gasteiger partial charge in [0.2, 0.25) is 0 Å². The Balaban J connectivity index is 1.46. The number of aromatic nitrogens is 5. The molecule has 0 unspecified atom stereocenters. The zero-order valence-electron chi connectivity index (χ0n) is 18.6. The van der Waals surface area contributed by atoms with E-state index < -0.39 is 0 Å². The Hall–Kier alpha value is -4.17. The smallest absolute Gasteiger partial charge is 0.308 e. The molecule has 8 nitrogen and oxygen atoms in total. The molecule has 34 heavy (non-hydrogen) atoms. The normalized spacial score (nSPS) is 11.2. The molecular weight excluding hydrogens is 450 g/mol. The van der Waals surface area contributed by atoms with Crippen molar-refractivity contribution in [3.63, 3.8) is 0 Å². The molecule has 0 radical (unpaired) electrons. The summed E-state index contributed by atoms with van der Waals surface area (Å²) >= 11 is 5.91. The number of fused-ring (bicyclic) bond motifs is 1. The fourth-order valence-corrected chi connectivity index (χ4v) is 3.85. The minimum Gasteiger partial charge on any atom is -0.308 e. The summed E-state index contributed by atoms with van der Waals surface area (Å²) in [5, 5.41) is 6.27. The van der Waals surface area contributed by atoms with Gasteiger partial charge in [-0.2, -0.15) is 0 Å². The molecule has 0 atom stereocenters. The van der Waals surface area contributed by atoms with Crippen LogP contribution in [0.2, 0.25) is 5.02 Å². The molecule has 0 saturated carbocycles. The van der Waals surface area contributed by atoms with E-state index in [2.05, 4.69) is 34.4 Å². The lowest BCUT2D eigenvalue weighted by atomic mass is 10.1. The average Bonchev–Trinajstić information content (AvgIpc) is 3.50. The molecule has 9 heteroatoms. The number of nitrogens with zero attached hydrogens (tertiary/aromatic N) is 5. The van der Waals surface area contributed by atoms with Gasteiger partial charge in [0.1, 0.15) is 5.82 Å². The maximum atomic E-state index is 12.5. The van der Waals surface area contributed by atoms with E-state index in [-0.39, 0.29) is 11.9 Å². The van der Waals surface area contributed by atoms with Crippen molar-refractivity contribution in [1.29, 1.82) is 0 Å². The fourth-order valence-electron chi connectivity index (χ4n) is 3.72. The zero-order valence-corrected chi connectivity index (χ0v) is 19.4. The molecule has 0 fully saturated rings. The predicted octanol–water partition coefficient (Wildman–Crippen LogP) is 6.00. The second-order valence-corrected chi connectivity index (χ2v) is 8.52. The summed E-state index contributed by atoms with van der Waals surface area (Å²) in [5.41, 5.74) is 3.62. The number of halogens is 1. The molecule has 0 aliphatic rings. The molecule has 3 aromatic heterocycles. The van der Waals surface area contributed by atoms with E-state index in [9.17, 15) is 4.79 Å². The number of anilines is 2. The average molecular weight is 472 g/mol. The Morgan fingerprint density at radius 2 is 1.74 bits per heavy atom. The molecule has 170 valence electrons. The van der Waals surface area contributed by atoms with Crippen molar-refractivity contribution < 1.29 is 4.79 Å². The number of imidazole rings is 2. The third kappa shape index (κ3) is 4.35. The van der Waals surface area contributed by atoms with Gasteiger partial charge in [-0.15, -0.1) is 0 Å². The number of nitrogens with one attached hydrogen (secondary N) is 2. The zero-order chi connectivity index (χ0) is 23.7. The van der Waals surface area contributed by atoms with Gasteiger partial charge in [-0.1, -0.05) is 37.6 Å². The maximum Gasteiger partial charge on any atom is 0.323 e. The van der Waals surface area contributed by atoms with Gasteiger partial charge in [0.05, 0.1) is 5.69 Å². The molecular formula is C25H22ClN7O. The van der Waals surface area contributed by atoms with Crippen LogP contribution in [0.25, 0.3) is 22.7 Å². The third-order valence-electron chi connectivity index (χ3n) is 5.29. The highest BCUT2D eigenvalue weighted by Crippen LogP contribution is 2.26. The highest BCUT2D eigenvalue weighted by atomic mass is 35.5. The lowest BCUT2D eigenvalue weighted by molar-refractivity contribution is 0.262. The van der Waals surface area contributed by atoms with Crippen LogP contribution in [-0.2, 0) is 0 Å². The standard InChI is InChI=1S/C25H22ClN7O/c1-16(2)22-27-11-13-33(22)24-23-28-10-12-32(23)15-21(31-24)17-4-3-5-20(14-17)30-25(34)29-19-8-6-18(26)7-9-19/h3-16H,1-2H3,(H2,29,30,34).